The largest absolute Gasteiger partial charge is 0.338 e. The molecule has 2 aliphatic rings. The minimum Gasteiger partial charge on any atom is -0.338 e. The number of benzene rings is 1. The molecule has 0 N–H and O–H groups in total. The van der Waals surface area contributed by atoms with Crippen molar-refractivity contribution in [2.24, 2.45) is 0 Å². The van der Waals surface area contributed by atoms with Crippen molar-refractivity contribution in [1.29, 1.82) is 0 Å². The summed E-state index contributed by atoms with van der Waals surface area (Å²) in [5, 5.41) is 0.690. The third-order valence-corrected chi connectivity index (χ3v) is 7.31. The van der Waals surface area contributed by atoms with E-state index in [4.69, 9.17) is 0 Å². The van der Waals surface area contributed by atoms with E-state index in [0.717, 1.165) is 52.1 Å². The van der Waals surface area contributed by atoms with Crippen LogP contribution in [0.25, 0.3) is 17.0 Å². The molecule has 0 saturated carbocycles. The van der Waals surface area contributed by atoms with E-state index in [1.54, 1.807) is 6.08 Å². The number of nitrogens with zero attached hydrogens (tertiary/aromatic N) is 3. The van der Waals surface area contributed by atoms with Crippen molar-refractivity contribution >= 4 is 61.7 Å². The second-order valence-corrected chi connectivity index (χ2v) is 10.4. The van der Waals surface area contributed by atoms with Crippen molar-refractivity contribution in [1.82, 2.24) is 14.4 Å². The second-order valence-electron chi connectivity index (χ2n) is 8.45. The van der Waals surface area contributed by atoms with E-state index in [1.165, 1.54) is 11.3 Å². The van der Waals surface area contributed by atoms with Crippen LogP contribution in [0.5, 0.6) is 0 Å². The van der Waals surface area contributed by atoms with Crippen molar-refractivity contribution in [3.05, 3.63) is 39.3 Å². The lowest BCUT2D eigenvalue weighted by molar-refractivity contribution is -0.135. The number of aromatic nitrogens is 1. The molecule has 0 spiro atoms. The third kappa shape index (κ3) is 4.32. The van der Waals surface area contributed by atoms with E-state index in [9.17, 15) is 14.4 Å². The molecule has 0 bridgehead atoms. The molecule has 1 aromatic carbocycles. The molecule has 4 rings (SSSR count). The Labute approximate surface area is 194 Å². The fourth-order valence-corrected chi connectivity index (χ4v) is 5.63. The van der Waals surface area contributed by atoms with Gasteiger partial charge < -0.3 is 9.47 Å². The molecular formula is C23H26BrN3O3S. The molecule has 0 aliphatic carbocycles. The van der Waals surface area contributed by atoms with Crippen molar-refractivity contribution < 1.29 is 14.4 Å². The summed E-state index contributed by atoms with van der Waals surface area (Å²) in [5.41, 5.74) is 1.75. The highest BCUT2D eigenvalue weighted by Crippen LogP contribution is 2.35. The number of fused-ring (bicyclic) bond motifs is 1. The summed E-state index contributed by atoms with van der Waals surface area (Å²) in [6.45, 7) is 6.83. The minimum absolute atomic E-state index is 0.110. The number of amides is 3. The molecule has 1 aromatic heterocycles. The molecule has 2 saturated heterocycles. The van der Waals surface area contributed by atoms with E-state index in [1.807, 2.05) is 47.7 Å². The normalized spacial score (nSPS) is 21.2. The topological polar surface area (TPSA) is 62.6 Å². The number of halogens is 1. The van der Waals surface area contributed by atoms with E-state index >= 15 is 0 Å². The number of rotatable bonds is 4. The summed E-state index contributed by atoms with van der Waals surface area (Å²) in [4.78, 5) is 41.7. The van der Waals surface area contributed by atoms with E-state index in [-0.39, 0.29) is 35.7 Å². The second kappa shape index (κ2) is 8.82. The first kappa shape index (κ1) is 22.1. The summed E-state index contributed by atoms with van der Waals surface area (Å²) < 4.78 is 2.86. The molecule has 0 unspecified atom stereocenters. The van der Waals surface area contributed by atoms with Gasteiger partial charge in [-0.25, -0.2) is 0 Å². The highest BCUT2D eigenvalue weighted by molar-refractivity contribution is 9.10. The average molecular weight is 504 g/mol. The Balaban J connectivity index is 1.69. The number of imide groups is 1. The maximum atomic E-state index is 13.0. The Kier molecular flexibility index (Phi) is 6.30. The minimum atomic E-state index is -0.265. The van der Waals surface area contributed by atoms with Gasteiger partial charge in [0.25, 0.3) is 11.1 Å². The van der Waals surface area contributed by atoms with Gasteiger partial charge in [0.15, 0.2) is 0 Å². The van der Waals surface area contributed by atoms with Gasteiger partial charge in [0.05, 0.1) is 4.91 Å². The molecule has 6 nitrogen and oxygen atoms in total. The number of hydrogen-bond acceptors (Lipinski definition) is 4. The predicted octanol–water partition coefficient (Wildman–Crippen LogP) is 5.25. The van der Waals surface area contributed by atoms with Crippen LogP contribution in [0, 0.1) is 0 Å². The highest BCUT2D eigenvalue weighted by atomic mass is 79.9. The van der Waals surface area contributed by atoms with Crippen LogP contribution in [0.1, 0.15) is 45.6 Å². The smallest absolute Gasteiger partial charge is 0.293 e. The number of piperidine rings is 1. The SMILES string of the molecule is CC(C)N1C(=O)S/C(=C\c2cn(CC(=O)N3CCCC[C@@H]3C)c3ccc(Br)cc23)C1=O. The standard InChI is InChI=1S/C23H26BrN3O3S/c1-14(2)27-22(29)20(31-23(27)30)10-16-12-25(19-8-7-17(24)11-18(16)19)13-21(28)26-9-5-4-6-15(26)3/h7-8,10-12,14-15H,4-6,9,13H2,1-3H3/b20-10-/t15-/m0/s1. The van der Waals surface area contributed by atoms with Gasteiger partial charge in [-0.05, 0) is 76.1 Å². The molecule has 8 heteroatoms. The van der Waals surface area contributed by atoms with Crippen LogP contribution >= 0.6 is 27.7 Å². The van der Waals surface area contributed by atoms with Crippen LogP contribution in [-0.4, -0.2) is 50.0 Å². The van der Waals surface area contributed by atoms with Gasteiger partial charge in [-0.15, -0.1) is 0 Å². The first-order chi connectivity index (χ1) is 14.8. The maximum absolute atomic E-state index is 13.0. The van der Waals surface area contributed by atoms with Crippen LogP contribution in [-0.2, 0) is 16.1 Å². The first-order valence-corrected chi connectivity index (χ1v) is 12.2. The van der Waals surface area contributed by atoms with Gasteiger partial charge in [-0.3, -0.25) is 19.3 Å². The van der Waals surface area contributed by atoms with Crippen molar-refractivity contribution in [2.45, 2.75) is 58.7 Å². The fourth-order valence-electron chi connectivity index (χ4n) is 4.31. The summed E-state index contributed by atoms with van der Waals surface area (Å²) in [7, 11) is 0. The summed E-state index contributed by atoms with van der Waals surface area (Å²) in [5.74, 6) is -0.155. The molecular weight excluding hydrogens is 478 g/mol. The van der Waals surface area contributed by atoms with Crippen LogP contribution in [0.2, 0.25) is 0 Å². The van der Waals surface area contributed by atoms with Gasteiger partial charge in [-0.1, -0.05) is 15.9 Å². The summed E-state index contributed by atoms with van der Waals surface area (Å²) in [6, 6.07) is 5.99. The zero-order valence-corrected chi connectivity index (χ0v) is 20.3. The van der Waals surface area contributed by atoms with Gasteiger partial charge >= 0.3 is 0 Å². The lowest BCUT2D eigenvalue weighted by atomic mass is 10.0. The van der Waals surface area contributed by atoms with Crippen LogP contribution in [0.4, 0.5) is 4.79 Å². The summed E-state index contributed by atoms with van der Waals surface area (Å²) >= 11 is 4.49. The number of hydrogen-bond donors (Lipinski definition) is 0. The Bertz CT molecular complexity index is 1090. The lowest BCUT2D eigenvalue weighted by Crippen LogP contribution is -2.43. The predicted molar refractivity (Wildman–Crippen MR) is 128 cm³/mol. The lowest BCUT2D eigenvalue weighted by Gasteiger charge is -2.33. The third-order valence-electron chi connectivity index (χ3n) is 5.93. The Morgan fingerprint density at radius 1 is 1.29 bits per heavy atom. The zero-order chi connectivity index (χ0) is 22.3. The first-order valence-electron chi connectivity index (χ1n) is 10.6. The Hall–Kier alpha value is -2.06. The summed E-state index contributed by atoms with van der Waals surface area (Å²) in [6.07, 6.45) is 6.94. The van der Waals surface area contributed by atoms with Crippen LogP contribution < -0.4 is 0 Å². The van der Waals surface area contributed by atoms with Crippen molar-refractivity contribution in [3.63, 3.8) is 0 Å². The molecule has 1 atom stereocenters. The Morgan fingerprint density at radius 3 is 2.74 bits per heavy atom. The number of carbonyl (C=O) groups excluding carboxylic acids is 3. The molecule has 3 heterocycles. The molecule has 164 valence electrons. The van der Waals surface area contributed by atoms with Gasteiger partial charge in [0.1, 0.15) is 6.54 Å². The molecule has 31 heavy (non-hydrogen) atoms. The maximum Gasteiger partial charge on any atom is 0.293 e. The Morgan fingerprint density at radius 2 is 2.06 bits per heavy atom. The molecule has 2 fully saturated rings. The molecule has 0 radical (unpaired) electrons. The highest BCUT2D eigenvalue weighted by Gasteiger charge is 2.36. The average Bonchev–Trinajstić information content (AvgIpc) is 3.18. The van der Waals surface area contributed by atoms with E-state index < -0.39 is 0 Å². The molecule has 3 amide bonds. The van der Waals surface area contributed by atoms with Crippen molar-refractivity contribution in [2.75, 3.05) is 6.54 Å². The van der Waals surface area contributed by atoms with Gasteiger partial charge in [0, 0.05) is 45.8 Å². The quantitative estimate of drug-likeness (QED) is 0.534. The van der Waals surface area contributed by atoms with E-state index in [0.29, 0.717) is 4.91 Å². The monoisotopic (exact) mass is 503 g/mol. The molecule has 2 aliphatic heterocycles. The van der Waals surface area contributed by atoms with E-state index in [2.05, 4.69) is 22.9 Å². The van der Waals surface area contributed by atoms with Gasteiger partial charge in [-0.2, -0.15) is 0 Å². The van der Waals surface area contributed by atoms with Crippen LogP contribution in [0.15, 0.2) is 33.8 Å². The number of likely N-dealkylation sites (tertiary alicyclic amines) is 1. The number of carbonyl (C=O) groups is 3. The number of thioether (sulfide) groups is 1. The van der Waals surface area contributed by atoms with Crippen molar-refractivity contribution in [3.8, 4) is 0 Å². The van der Waals surface area contributed by atoms with Crippen LogP contribution in [0.3, 0.4) is 0 Å². The molecule has 2 aromatic rings. The fraction of sp³-hybridized carbons (Fsp3) is 0.435. The van der Waals surface area contributed by atoms with Gasteiger partial charge in [0.2, 0.25) is 5.91 Å². The zero-order valence-electron chi connectivity index (χ0n) is 17.9.